The van der Waals surface area contributed by atoms with Gasteiger partial charge in [0, 0.05) is 19.7 Å². The molecule has 0 saturated carbocycles. The molecule has 1 unspecified atom stereocenters. The van der Waals surface area contributed by atoms with Crippen LogP contribution in [0.5, 0.6) is 0 Å². The van der Waals surface area contributed by atoms with Crippen LogP contribution in [-0.2, 0) is 4.74 Å². The van der Waals surface area contributed by atoms with E-state index < -0.39 is 6.10 Å². The average molecular weight is 241 g/mol. The second-order valence-corrected chi connectivity index (χ2v) is 3.65. The lowest BCUT2D eigenvalue weighted by molar-refractivity contribution is 0.0615. The van der Waals surface area contributed by atoms with Crippen molar-refractivity contribution in [1.82, 2.24) is 9.97 Å². The van der Waals surface area contributed by atoms with Crippen LogP contribution in [0.4, 0.5) is 11.6 Å². The number of aliphatic hydroxyl groups is 1. The molecule has 0 aliphatic heterocycles. The number of nitrogens with one attached hydrogen (secondary N) is 2. The molecule has 7 heteroatoms. The van der Waals surface area contributed by atoms with Crippen LogP contribution in [0.1, 0.15) is 12.2 Å². The summed E-state index contributed by atoms with van der Waals surface area (Å²) in [6.45, 7) is 2.72. The third-order valence-corrected chi connectivity index (χ3v) is 2.13. The fourth-order valence-electron chi connectivity index (χ4n) is 1.37. The zero-order chi connectivity index (χ0) is 12.7. The number of aliphatic hydroxyl groups excluding tert-OH is 1. The van der Waals surface area contributed by atoms with Gasteiger partial charge in [-0.3, -0.25) is 0 Å². The van der Waals surface area contributed by atoms with Crippen molar-refractivity contribution in [2.45, 2.75) is 19.4 Å². The number of hydrazine groups is 1. The van der Waals surface area contributed by atoms with Gasteiger partial charge in [-0.2, -0.15) is 0 Å². The van der Waals surface area contributed by atoms with Crippen molar-refractivity contribution in [2.24, 2.45) is 5.84 Å². The van der Waals surface area contributed by atoms with Crippen LogP contribution in [0.2, 0.25) is 0 Å². The molecule has 1 atom stereocenters. The van der Waals surface area contributed by atoms with E-state index in [2.05, 4.69) is 20.7 Å². The van der Waals surface area contributed by atoms with Crippen molar-refractivity contribution in [1.29, 1.82) is 0 Å². The molecule has 0 spiro atoms. The van der Waals surface area contributed by atoms with Crippen LogP contribution < -0.4 is 16.6 Å². The molecule has 0 bridgehead atoms. The average Bonchev–Trinajstić information content (AvgIpc) is 2.28. The molecular formula is C10H19N5O2. The van der Waals surface area contributed by atoms with Crippen molar-refractivity contribution in [3.8, 4) is 0 Å². The molecule has 17 heavy (non-hydrogen) atoms. The molecule has 0 radical (unpaired) electrons. The number of nitrogens with two attached hydrogens (primary N) is 1. The molecule has 7 nitrogen and oxygen atoms in total. The maximum Gasteiger partial charge on any atom is 0.145 e. The standard InChI is InChI=1S/C10H19N5O2/c1-7-13-9(5-10(14-7)15-11)12-4-3-8(16)6-17-2/h5,8,16H,3-4,6,11H2,1-2H3,(H2,12,13,14,15). The van der Waals surface area contributed by atoms with E-state index >= 15 is 0 Å². The predicted octanol–water partition coefficient (Wildman–Crippen LogP) is -0.120. The molecule has 0 fully saturated rings. The summed E-state index contributed by atoms with van der Waals surface area (Å²) in [7, 11) is 1.56. The number of aromatic nitrogens is 2. The molecule has 0 aliphatic rings. The Labute approximate surface area is 100 Å². The molecule has 0 aromatic carbocycles. The quantitative estimate of drug-likeness (QED) is 0.389. The van der Waals surface area contributed by atoms with Crippen LogP contribution in [0.25, 0.3) is 0 Å². The summed E-state index contributed by atoms with van der Waals surface area (Å²) in [5.41, 5.74) is 2.47. The molecular weight excluding hydrogens is 222 g/mol. The topological polar surface area (TPSA) is 105 Å². The van der Waals surface area contributed by atoms with E-state index in [1.165, 1.54) is 0 Å². The monoisotopic (exact) mass is 241 g/mol. The van der Waals surface area contributed by atoms with Gasteiger partial charge in [0.1, 0.15) is 17.5 Å². The molecule has 0 saturated heterocycles. The molecule has 1 heterocycles. The number of rotatable bonds is 7. The molecule has 1 aromatic rings. The molecule has 1 rings (SSSR count). The Kier molecular flexibility index (Phi) is 5.61. The van der Waals surface area contributed by atoms with E-state index in [1.54, 1.807) is 20.1 Å². The van der Waals surface area contributed by atoms with Gasteiger partial charge in [-0.1, -0.05) is 0 Å². The zero-order valence-corrected chi connectivity index (χ0v) is 10.1. The van der Waals surface area contributed by atoms with Gasteiger partial charge in [0.25, 0.3) is 0 Å². The first-order chi connectivity index (χ1) is 8.15. The van der Waals surface area contributed by atoms with Crippen LogP contribution in [0.15, 0.2) is 6.07 Å². The van der Waals surface area contributed by atoms with E-state index in [4.69, 9.17) is 10.6 Å². The Bertz CT molecular complexity index is 347. The van der Waals surface area contributed by atoms with Crippen molar-refractivity contribution in [3.05, 3.63) is 11.9 Å². The van der Waals surface area contributed by atoms with Gasteiger partial charge in [-0.05, 0) is 13.3 Å². The maximum absolute atomic E-state index is 9.45. The van der Waals surface area contributed by atoms with E-state index in [0.717, 1.165) is 0 Å². The second kappa shape index (κ2) is 7.00. The van der Waals surface area contributed by atoms with Gasteiger partial charge in [-0.25, -0.2) is 15.8 Å². The Morgan fingerprint density at radius 3 is 2.82 bits per heavy atom. The highest BCUT2D eigenvalue weighted by Gasteiger charge is 2.04. The van der Waals surface area contributed by atoms with Crippen molar-refractivity contribution in [3.63, 3.8) is 0 Å². The van der Waals surface area contributed by atoms with E-state index in [1.807, 2.05) is 0 Å². The van der Waals surface area contributed by atoms with Crippen molar-refractivity contribution >= 4 is 11.6 Å². The van der Waals surface area contributed by atoms with E-state index in [9.17, 15) is 5.11 Å². The number of methoxy groups -OCH3 is 1. The van der Waals surface area contributed by atoms with Crippen LogP contribution in [0, 0.1) is 6.92 Å². The minimum absolute atomic E-state index is 0.333. The minimum Gasteiger partial charge on any atom is -0.391 e. The summed E-state index contributed by atoms with van der Waals surface area (Å²) in [6.07, 6.45) is 0.116. The fraction of sp³-hybridized carbons (Fsp3) is 0.600. The summed E-state index contributed by atoms with van der Waals surface area (Å²) < 4.78 is 4.83. The van der Waals surface area contributed by atoms with E-state index in [0.29, 0.717) is 37.0 Å². The number of hydrogen-bond acceptors (Lipinski definition) is 7. The minimum atomic E-state index is -0.470. The highest BCUT2D eigenvalue weighted by Crippen LogP contribution is 2.09. The first-order valence-corrected chi connectivity index (χ1v) is 5.39. The van der Waals surface area contributed by atoms with Crippen molar-refractivity contribution in [2.75, 3.05) is 31.0 Å². The lowest BCUT2D eigenvalue weighted by Gasteiger charge is -2.11. The molecule has 0 aliphatic carbocycles. The largest absolute Gasteiger partial charge is 0.391 e. The lowest BCUT2D eigenvalue weighted by Crippen LogP contribution is -2.19. The fourth-order valence-corrected chi connectivity index (χ4v) is 1.37. The molecule has 0 amide bonds. The number of aryl methyl sites for hydroxylation is 1. The molecule has 1 aromatic heterocycles. The number of anilines is 2. The third-order valence-electron chi connectivity index (χ3n) is 2.13. The highest BCUT2D eigenvalue weighted by atomic mass is 16.5. The van der Waals surface area contributed by atoms with Gasteiger partial charge in [0.05, 0.1) is 12.7 Å². The number of nitrogen functional groups attached to an aromatic ring is 1. The number of ether oxygens (including phenoxy) is 1. The first-order valence-electron chi connectivity index (χ1n) is 5.39. The van der Waals surface area contributed by atoms with Gasteiger partial charge in [-0.15, -0.1) is 0 Å². The number of hydrogen-bond donors (Lipinski definition) is 4. The smallest absolute Gasteiger partial charge is 0.145 e. The van der Waals surface area contributed by atoms with Gasteiger partial charge < -0.3 is 20.6 Å². The number of nitrogens with zero attached hydrogens (tertiary/aromatic N) is 2. The summed E-state index contributed by atoms with van der Waals surface area (Å²) in [6, 6.07) is 1.70. The molecule has 5 N–H and O–H groups in total. The Morgan fingerprint density at radius 1 is 1.47 bits per heavy atom. The maximum atomic E-state index is 9.45. The van der Waals surface area contributed by atoms with Gasteiger partial charge >= 0.3 is 0 Å². The van der Waals surface area contributed by atoms with Crippen LogP contribution in [0.3, 0.4) is 0 Å². The van der Waals surface area contributed by atoms with Crippen LogP contribution >= 0.6 is 0 Å². The summed E-state index contributed by atoms with van der Waals surface area (Å²) in [5.74, 6) is 7.13. The predicted molar refractivity (Wildman–Crippen MR) is 65.6 cm³/mol. The molecule has 96 valence electrons. The van der Waals surface area contributed by atoms with Crippen molar-refractivity contribution < 1.29 is 9.84 Å². The first kappa shape index (κ1) is 13.6. The van der Waals surface area contributed by atoms with Crippen LogP contribution in [-0.4, -0.2) is 41.4 Å². The summed E-state index contributed by atoms with van der Waals surface area (Å²) in [4.78, 5) is 8.26. The normalized spacial score (nSPS) is 12.2. The highest BCUT2D eigenvalue weighted by molar-refractivity contribution is 5.46. The Balaban J connectivity index is 2.43. The third kappa shape index (κ3) is 4.94. The summed E-state index contributed by atoms with van der Waals surface area (Å²) in [5, 5.41) is 12.5. The zero-order valence-electron chi connectivity index (χ0n) is 10.1. The Morgan fingerprint density at radius 2 is 2.18 bits per heavy atom. The van der Waals surface area contributed by atoms with E-state index in [-0.39, 0.29) is 0 Å². The summed E-state index contributed by atoms with van der Waals surface area (Å²) >= 11 is 0. The SMILES string of the molecule is COCC(O)CCNc1cc(NN)nc(C)n1. The van der Waals surface area contributed by atoms with Gasteiger partial charge in [0.15, 0.2) is 0 Å². The Hall–Kier alpha value is -1.44. The second-order valence-electron chi connectivity index (χ2n) is 3.65. The lowest BCUT2D eigenvalue weighted by atomic mass is 10.2. The van der Waals surface area contributed by atoms with Gasteiger partial charge in [0.2, 0.25) is 0 Å².